The molecule has 0 spiro atoms. The van der Waals surface area contributed by atoms with E-state index in [1.807, 2.05) is 6.92 Å². The van der Waals surface area contributed by atoms with Gasteiger partial charge >= 0.3 is 0 Å². The van der Waals surface area contributed by atoms with Crippen LogP contribution in [0.4, 0.5) is 8.78 Å². The summed E-state index contributed by atoms with van der Waals surface area (Å²) in [7, 11) is 1.79. The molecule has 2 fully saturated rings. The number of benzene rings is 1. The first-order valence-electron chi connectivity index (χ1n) is 9.77. The standard InChI is InChI=1S/C20H30F2N4O.HI/c1-15(17-3-4-18(21)19(22)11-17)12-24-20(23-2)26-6-5-16(14-26)13-25-7-9-27-10-8-25;/h3-4,11,15-16H,5-10,12-14H2,1-2H3,(H,23,24);1H. The van der Waals surface area contributed by atoms with E-state index >= 15 is 0 Å². The van der Waals surface area contributed by atoms with Crippen molar-refractivity contribution in [3.63, 3.8) is 0 Å². The van der Waals surface area contributed by atoms with Crippen LogP contribution in [0.1, 0.15) is 24.8 Å². The van der Waals surface area contributed by atoms with Gasteiger partial charge in [-0.2, -0.15) is 0 Å². The summed E-state index contributed by atoms with van der Waals surface area (Å²) in [6, 6.07) is 4.10. The fourth-order valence-electron chi connectivity index (χ4n) is 3.84. The lowest BCUT2D eigenvalue weighted by atomic mass is 10.0. The maximum Gasteiger partial charge on any atom is 0.193 e. The second-order valence-electron chi connectivity index (χ2n) is 7.52. The SMILES string of the molecule is CN=C(NCC(C)c1ccc(F)c(F)c1)N1CCC(CN2CCOCC2)C1.I. The minimum Gasteiger partial charge on any atom is -0.379 e. The molecule has 1 aromatic rings. The molecule has 2 aliphatic rings. The second kappa shape index (κ2) is 11.3. The molecule has 2 saturated heterocycles. The van der Waals surface area contributed by atoms with Crippen LogP contribution in [0, 0.1) is 17.6 Å². The van der Waals surface area contributed by atoms with E-state index in [0.29, 0.717) is 12.5 Å². The highest BCUT2D eigenvalue weighted by molar-refractivity contribution is 14.0. The maximum absolute atomic E-state index is 13.4. The van der Waals surface area contributed by atoms with Crippen LogP contribution in [0.25, 0.3) is 0 Å². The van der Waals surface area contributed by atoms with E-state index in [0.717, 1.165) is 63.9 Å². The van der Waals surface area contributed by atoms with Gasteiger partial charge in [0.2, 0.25) is 0 Å². The third-order valence-corrected chi connectivity index (χ3v) is 5.50. The summed E-state index contributed by atoms with van der Waals surface area (Å²) < 4.78 is 32.0. The molecular formula is C20H31F2IN4O. The van der Waals surface area contributed by atoms with Crippen LogP contribution in [-0.4, -0.2) is 75.3 Å². The lowest BCUT2D eigenvalue weighted by molar-refractivity contribution is 0.0315. The van der Waals surface area contributed by atoms with Crippen molar-refractivity contribution in [1.29, 1.82) is 0 Å². The van der Waals surface area contributed by atoms with Gasteiger partial charge in [-0.3, -0.25) is 9.89 Å². The number of halogens is 3. The number of likely N-dealkylation sites (tertiary alicyclic amines) is 1. The van der Waals surface area contributed by atoms with Crippen LogP contribution in [0.3, 0.4) is 0 Å². The van der Waals surface area contributed by atoms with E-state index in [1.54, 1.807) is 13.1 Å². The molecule has 0 aromatic heterocycles. The molecule has 2 atom stereocenters. The van der Waals surface area contributed by atoms with Crippen molar-refractivity contribution < 1.29 is 13.5 Å². The summed E-state index contributed by atoms with van der Waals surface area (Å²) in [6.07, 6.45) is 1.16. The third kappa shape index (κ3) is 6.25. The zero-order valence-electron chi connectivity index (χ0n) is 16.7. The Balaban J connectivity index is 0.00000280. The van der Waals surface area contributed by atoms with Gasteiger partial charge in [-0.15, -0.1) is 24.0 Å². The fourth-order valence-corrected chi connectivity index (χ4v) is 3.84. The Hall–Kier alpha value is -1.00. The highest BCUT2D eigenvalue weighted by Gasteiger charge is 2.27. The smallest absolute Gasteiger partial charge is 0.193 e. The first kappa shape index (κ1) is 23.3. The summed E-state index contributed by atoms with van der Waals surface area (Å²) in [6.45, 7) is 9.45. The molecule has 1 N–H and O–H groups in total. The highest BCUT2D eigenvalue weighted by atomic mass is 127. The first-order chi connectivity index (χ1) is 13.1. The number of hydrogen-bond donors (Lipinski definition) is 1. The maximum atomic E-state index is 13.4. The average molecular weight is 508 g/mol. The van der Waals surface area contributed by atoms with Gasteiger partial charge in [-0.1, -0.05) is 13.0 Å². The second-order valence-corrected chi connectivity index (χ2v) is 7.52. The lowest BCUT2D eigenvalue weighted by Crippen LogP contribution is -2.43. The van der Waals surface area contributed by atoms with Gasteiger partial charge < -0.3 is 15.0 Å². The Bertz CT molecular complexity index is 655. The summed E-state index contributed by atoms with van der Waals surface area (Å²) in [4.78, 5) is 9.19. The number of guanidine groups is 1. The van der Waals surface area contributed by atoms with E-state index < -0.39 is 11.6 Å². The van der Waals surface area contributed by atoms with Crippen molar-refractivity contribution in [3.8, 4) is 0 Å². The van der Waals surface area contributed by atoms with Crippen LogP contribution < -0.4 is 5.32 Å². The lowest BCUT2D eigenvalue weighted by Gasteiger charge is -2.29. The van der Waals surface area contributed by atoms with Crippen molar-refractivity contribution in [2.45, 2.75) is 19.3 Å². The number of hydrogen-bond acceptors (Lipinski definition) is 3. The van der Waals surface area contributed by atoms with E-state index in [4.69, 9.17) is 4.74 Å². The largest absolute Gasteiger partial charge is 0.379 e. The van der Waals surface area contributed by atoms with Gasteiger partial charge in [0.05, 0.1) is 13.2 Å². The van der Waals surface area contributed by atoms with Gasteiger partial charge in [0.1, 0.15) is 0 Å². The van der Waals surface area contributed by atoms with Crippen molar-refractivity contribution in [2.24, 2.45) is 10.9 Å². The monoisotopic (exact) mass is 508 g/mol. The summed E-state index contributed by atoms with van der Waals surface area (Å²) in [5, 5.41) is 3.39. The van der Waals surface area contributed by atoms with E-state index in [1.165, 1.54) is 12.1 Å². The zero-order valence-corrected chi connectivity index (χ0v) is 19.0. The normalized spacial score (nSPS) is 22.1. The predicted octanol–water partition coefficient (Wildman–Crippen LogP) is 2.92. The Morgan fingerprint density at radius 2 is 2.00 bits per heavy atom. The molecule has 0 amide bonds. The Labute approximate surface area is 183 Å². The molecular weight excluding hydrogens is 477 g/mol. The fraction of sp³-hybridized carbons (Fsp3) is 0.650. The molecule has 5 nitrogen and oxygen atoms in total. The van der Waals surface area contributed by atoms with Crippen LogP contribution in [0.2, 0.25) is 0 Å². The van der Waals surface area contributed by atoms with Crippen LogP contribution in [0.15, 0.2) is 23.2 Å². The van der Waals surface area contributed by atoms with Crippen molar-refractivity contribution in [3.05, 3.63) is 35.4 Å². The predicted molar refractivity (Wildman–Crippen MR) is 118 cm³/mol. The Morgan fingerprint density at radius 1 is 1.25 bits per heavy atom. The van der Waals surface area contributed by atoms with Gasteiger partial charge in [0, 0.05) is 46.3 Å². The molecule has 8 heteroatoms. The van der Waals surface area contributed by atoms with Gasteiger partial charge in [-0.05, 0) is 36.0 Å². The molecule has 0 radical (unpaired) electrons. The van der Waals surface area contributed by atoms with E-state index in [-0.39, 0.29) is 29.9 Å². The Morgan fingerprint density at radius 3 is 2.68 bits per heavy atom. The number of nitrogens with one attached hydrogen (secondary N) is 1. The molecule has 0 saturated carbocycles. The van der Waals surface area contributed by atoms with Crippen LogP contribution in [-0.2, 0) is 4.74 Å². The average Bonchev–Trinajstić information content (AvgIpc) is 3.13. The quantitative estimate of drug-likeness (QED) is 0.378. The molecule has 158 valence electrons. The molecule has 2 aliphatic heterocycles. The molecule has 1 aromatic carbocycles. The van der Waals surface area contributed by atoms with Gasteiger partial charge in [0.15, 0.2) is 17.6 Å². The molecule has 3 rings (SSSR count). The zero-order chi connectivity index (χ0) is 19.2. The number of morpholine rings is 1. The topological polar surface area (TPSA) is 40.1 Å². The minimum absolute atomic E-state index is 0. The van der Waals surface area contributed by atoms with Gasteiger partial charge in [0.25, 0.3) is 0 Å². The van der Waals surface area contributed by atoms with Crippen molar-refractivity contribution >= 4 is 29.9 Å². The molecule has 0 bridgehead atoms. The van der Waals surface area contributed by atoms with Crippen LogP contribution in [0.5, 0.6) is 0 Å². The summed E-state index contributed by atoms with van der Waals surface area (Å²) >= 11 is 0. The van der Waals surface area contributed by atoms with Crippen molar-refractivity contribution in [1.82, 2.24) is 15.1 Å². The minimum atomic E-state index is -0.807. The number of aliphatic imine (C=N–C) groups is 1. The van der Waals surface area contributed by atoms with E-state index in [9.17, 15) is 8.78 Å². The van der Waals surface area contributed by atoms with E-state index in [2.05, 4.69) is 20.1 Å². The number of ether oxygens (including phenoxy) is 1. The molecule has 28 heavy (non-hydrogen) atoms. The molecule has 0 aliphatic carbocycles. The summed E-state index contributed by atoms with van der Waals surface area (Å²) in [5.74, 6) is -0.0184. The molecule has 2 unspecified atom stereocenters. The van der Waals surface area contributed by atoms with Crippen molar-refractivity contribution in [2.75, 3.05) is 59.5 Å². The van der Waals surface area contributed by atoms with Gasteiger partial charge in [-0.25, -0.2) is 8.78 Å². The highest BCUT2D eigenvalue weighted by Crippen LogP contribution is 2.20. The van der Waals surface area contributed by atoms with Crippen LogP contribution >= 0.6 is 24.0 Å². The Kier molecular flexibility index (Phi) is 9.36. The number of nitrogens with zero attached hydrogens (tertiary/aromatic N) is 3. The first-order valence-corrected chi connectivity index (χ1v) is 9.77. The molecule has 2 heterocycles. The third-order valence-electron chi connectivity index (χ3n) is 5.50. The number of rotatable bonds is 5. The summed E-state index contributed by atoms with van der Waals surface area (Å²) in [5.41, 5.74) is 0.781.